The Bertz CT molecular complexity index is 1190. The van der Waals surface area contributed by atoms with Crippen LogP contribution in [-0.4, -0.2) is 38.5 Å². The zero-order chi connectivity index (χ0) is 26.7. The number of pyridine rings is 1. The summed E-state index contributed by atoms with van der Waals surface area (Å²) in [6, 6.07) is 13.1. The van der Waals surface area contributed by atoms with Crippen LogP contribution >= 0.6 is 0 Å². The largest absolute Gasteiger partial charge is 0.350 e. The summed E-state index contributed by atoms with van der Waals surface area (Å²) in [6.45, 7) is 17.4. The van der Waals surface area contributed by atoms with Gasteiger partial charge in [0.2, 0.25) is 12.2 Å². The molecule has 37 heavy (non-hydrogen) atoms. The van der Waals surface area contributed by atoms with E-state index in [-0.39, 0.29) is 17.5 Å². The van der Waals surface area contributed by atoms with Crippen molar-refractivity contribution in [2.24, 2.45) is 0 Å². The number of carbonyl (C=O) groups excluding carboxylic acids is 1. The van der Waals surface area contributed by atoms with Gasteiger partial charge in [-0.1, -0.05) is 39.8 Å². The fourth-order valence-electron chi connectivity index (χ4n) is 4.98. The first-order valence-corrected chi connectivity index (χ1v) is 13.7. The van der Waals surface area contributed by atoms with Crippen LogP contribution in [0.2, 0.25) is 0 Å². The van der Waals surface area contributed by atoms with Crippen molar-refractivity contribution in [3.05, 3.63) is 77.6 Å². The van der Waals surface area contributed by atoms with E-state index < -0.39 is 0 Å². The molecule has 0 aliphatic carbocycles. The van der Waals surface area contributed by atoms with Crippen LogP contribution in [0.1, 0.15) is 95.7 Å². The van der Waals surface area contributed by atoms with Crippen molar-refractivity contribution >= 4 is 5.91 Å². The van der Waals surface area contributed by atoms with Gasteiger partial charge in [0, 0.05) is 12.1 Å². The lowest BCUT2D eigenvalue weighted by atomic mass is 9.95. The van der Waals surface area contributed by atoms with Crippen LogP contribution in [0.25, 0.3) is 5.69 Å². The van der Waals surface area contributed by atoms with Gasteiger partial charge in [0.25, 0.3) is 0 Å². The molecule has 1 atom stereocenters. The minimum atomic E-state index is -0.219. The Labute approximate surface area is 222 Å². The smallest absolute Gasteiger partial charge is 0.249 e. The first kappa shape index (κ1) is 27.1. The molecule has 2 aromatic heterocycles. The van der Waals surface area contributed by atoms with E-state index in [4.69, 9.17) is 4.98 Å². The molecule has 6 nitrogen and oxygen atoms in total. The van der Waals surface area contributed by atoms with Crippen LogP contribution in [-0.2, 0) is 17.9 Å². The van der Waals surface area contributed by atoms with E-state index in [2.05, 4.69) is 102 Å². The van der Waals surface area contributed by atoms with Gasteiger partial charge in [-0.2, -0.15) is 0 Å². The van der Waals surface area contributed by atoms with Crippen molar-refractivity contribution in [3.8, 4) is 5.69 Å². The summed E-state index contributed by atoms with van der Waals surface area (Å²) < 4.78 is 4.38. The van der Waals surface area contributed by atoms with Crippen LogP contribution in [0.3, 0.4) is 0 Å². The second-order valence-corrected chi connectivity index (χ2v) is 12.1. The lowest BCUT2D eigenvalue weighted by molar-refractivity contribution is -0.688. The lowest BCUT2D eigenvalue weighted by Gasteiger charge is -2.28. The summed E-state index contributed by atoms with van der Waals surface area (Å²) in [4.78, 5) is 20.0. The standard InChI is InChI=1S/C31H43N5O/c1-22(2)24-16-25(23(3)4)18-28(17-24)36-15-14-34(21-36)19-26-10-8-11-27(32-26)20-35-13-9-12-29(35)30(37)33-31(5,6)7/h8,10-11,14-18,21-23,29H,9,12-13,19-20H2,1-7H3/p+1/t29-/m0/s1. The number of carbonyl (C=O) groups is 1. The highest BCUT2D eigenvalue weighted by Gasteiger charge is 2.32. The molecule has 0 bridgehead atoms. The van der Waals surface area contributed by atoms with E-state index in [1.165, 1.54) is 16.8 Å². The molecule has 3 heterocycles. The lowest BCUT2D eigenvalue weighted by Crippen LogP contribution is -2.49. The van der Waals surface area contributed by atoms with Crippen LogP contribution in [0.15, 0.2) is 55.1 Å². The number of benzene rings is 1. The van der Waals surface area contributed by atoms with Gasteiger partial charge in [-0.25, -0.2) is 9.13 Å². The number of rotatable bonds is 8. The fourth-order valence-corrected chi connectivity index (χ4v) is 4.98. The molecule has 1 fully saturated rings. The van der Waals surface area contributed by atoms with Gasteiger partial charge >= 0.3 is 0 Å². The number of nitrogens with zero attached hydrogens (tertiary/aromatic N) is 4. The van der Waals surface area contributed by atoms with E-state index in [0.29, 0.717) is 24.9 Å². The molecule has 4 rings (SSSR count). The fraction of sp³-hybridized carbons (Fsp3) is 0.516. The highest BCUT2D eigenvalue weighted by molar-refractivity contribution is 5.82. The van der Waals surface area contributed by atoms with Gasteiger partial charge < -0.3 is 5.32 Å². The highest BCUT2D eigenvalue weighted by atomic mass is 16.2. The van der Waals surface area contributed by atoms with Crippen molar-refractivity contribution in [1.29, 1.82) is 0 Å². The Morgan fingerprint density at radius 2 is 1.76 bits per heavy atom. The average molecular weight is 503 g/mol. The molecule has 6 heteroatoms. The predicted molar refractivity (Wildman–Crippen MR) is 149 cm³/mol. The van der Waals surface area contributed by atoms with Crippen LogP contribution in [0.5, 0.6) is 0 Å². The SMILES string of the molecule is CC(C)c1cc(C(C)C)cc(-n2cc[n+](Cc3cccc(CN4CCC[C@H]4C(=O)NC(C)(C)C)n3)c2)c1. The third-order valence-corrected chi connectivity index (χ3v) is 7.02. The summed E-state index contributed by atoms with van der Waals surface area (Å²) in [5.74, 6) is 1.10. The minimum Gasteiger partial charge on any atom is -0.350 e. The molecule has 1 N–H and O–H groups in total. The second-order valence-electron chi connectivity index (χ2n) is 12.1. The molecule has 1 aliphatic rings. The van der Waals surface area contributed by atoms with E-state index in [0.717, 1.165) is 30.8 Å². The van der Waals surface area contributed by atoms with Crippen molar-refractivity contribution in [2.75, 3.05) is 6.54 Å². The zero-order valence-electron chi connectivity index (χ0n) is 23.7. The molecule has 1 saturated heterocycles. The number of hydrogen-bond donors (Lipinski definition) is 1. The summed E-state index contributed by atoms with van der Waals surface area (Å²) in [6.07, 6.45) is 8.32. The van der Waals surface area contributed by atoms with Gasteiger partial charge in [0.05, 0.1) is 17.4 Å². The van der Waals surface area contributed by atoms with Gasteiger partial charge in [-0.3, -0.25) is 14.7 Å². The molecule has 3 aromatic rings. The molecule has 1 aliphatic heterocycles. The van der Waals surface area contributed by atoms with E-state index in [1.807, 2.05) is 20.8 Å². The van der Waals surface area contributed by atoms with Crippen molar-refractivity contribution < 1.29 is 9.36 Å². The number of nitrogens with one attached hydrogen (secondary N) is 1. The summed E-state index contributed by atoms with van der Waals surface area (Å²) in [5.41, 5.74) is 5.75. The monoisotopic (exact) mass is 502 g/mol. The predicted octanol–water partition coefficient (Wildman–Crippen LogP) is 5.33. The summed E-state index contributed by atoms with van der Waals surface area (Å²) in [5, 5.41) is 3.15. The number of amides is 1. The Morgan fingerprint density at radius 3 is 2.41 bits per heavy atom. The Kier molecular flexibility index (Phi) is 8.17. The molecule has 0 saturated carbocycles. The molecule has 0 unspecified atom stereocenters. The quantitative estimate of drug-likeness (QED) is 0.424. The molecular weight excluding hydrogens is 458 g/mol. The first-order chi connectivity index (χ1) is 17.5. The van der Waals surface area contributed by atoms with Gasteiger partial charge in [-0.15, -0.1) is 0 Å². The molecular formula is C31H44N5O+. The number of likely N-dealkylation sites (tertiary alicyclic amines) is 1. The van der Waals surface area contributed by atoms with Crippen LogP contribution < -0.4 is 9.88 Å². The second kappa shape index (κ2) is 11.2. The summed E-state index contributed by atoms with van der Waals surface area (Å²) >= 11 is 0. The summed E-state index contributed by atoms with van der Waals surface area (Å²) in [7, 11) is 0. The van der Waals surface area contributed by atoms with Crippen LogP contribution in [0, 0.1) is 0 Å². The maximum atomic E-state index is 12.8. The number of aromatic nitrogens is 3. The van der Waals surface area contributed by atoms with Crippen molar-refractivity contribution in [2.45, 2.75) is 97.8 Å². The minimum absolute atomic E-state index is 0.0783. The van der Waals surface area contributed by atoms with Crippen molar-refractivity contribution in [1.82, 2.24) is 19.8 Å². The highest BCUT2D eigenvalue weighted by Crippen LogP contribution is 2.25. The Balaban J connectivity index is 1.46. The maximum absolute atomic E-state index is 12.8. The van der Waals surface area contributed by atoms with E-state index >= 15 is 0 Å². The molecule has 198 valence electrons. The Hall–Kier alpha value is -2.99. The van der Waals surface area contributed by atoms with Gasteiger partial charge in [0.15, 0.2) is 0 Å². The van der Waals surface area contributed by atoms with Gasteiger partial charge in [-0.05, 0) is 87.4 Å². The van der Waals surface area contributed by atoms with Crippen molar-refractivity contribution in [3.63, 3.8) is 0 Å². The molecule has 0 spiro atoms. The molecule has 0 radical (unpaired) electrons. The topological polar surface area (TPSA) is 54.0 Å². The van der Waals surface area contributed by atoms with Crippen LogP contribution in [0.4, 0.5) is 0 Å². The van der Waals surface area contributed by atoms with E-state index in [1.54, 1.807) is 0 Å². The average Bonchev–Trinajstić information content (AvgIpc) is 3.47. The Morgan fingerprint density at radius 1 is 1.08 bits per heavy atom. The third kappa shape index (κ3) is 7.07. The molecule has 1 amide bonds. The normalized spacial score (nSPS) is 16.6. The number of imidazole rings is 1. The van der Waals surface area contributed by atoms with Gasteiger partial charge in [0.1, 0.15) is 24.6 Å². The van der Waals surface area contributed by atoms with E-state index in [9.17, 15) is 4.79 Å². The number of hydrogen-bond acceptors (Lipinski definition) is 3. The third-order valence-electron chi connectivity index (χ3n) is 7.02. The maximum Gasteiger partial charge on any atom is 0.249 e. The first-order valence-electron chi connectivity index (χ1n) is 13.7. The zero-order valence-corrected chi connectivity index (χ0v) is 23.7. The molecule has 1 aromatic carbocycles.